The number of aliphatic carboxylic acids is 4. The molecule has 0 aromatic carbocycles. The third-order valence-electron chi connectivity index (χ3n) is 14.7. The molecule has 28 nitrogen and oxygen atoms in total. The van der Waals surface area contributed by atoms with E-state index in [0.717, 1.165) is 11.4 Å². The Kier molecular flexibility index (Phi) is 28.3. The van der Waals surface area contributed by atoms with Crippen LogP contribution in [-0.4, -0.2) is 235 Å². The molecule has 0 bridgehead atoms. The van der Waals surface area contributed by atoms with E-state index in [1.807, 2.05) is 91.4 Å². The fourth-order valence-corrected chi connectivity index (χ4v) is 10.6. The molecule has 0 spiro atoms. The van der Waals surface area contributed by atoms with E-state index in [9.17, 15) is 39.0 Å². The van der Waals surface area contributed by atoms with Gasteiger partial charge in [0.2, 0.25) is 0 Å². The van der Waals surface area contributed by atoms with Crippen molar-refractivity contribution in [2.75, 3.05) is 86.1 Å². The van der Waals surface area contributed by atoms with E-state index in [0.29, 0.717) is 107 Å². The average molecular weight is 1170 g/mol. The number of Topliss-reactive ketones (excluding diaryl/α,β-unsaturated/α-hetero) is 2. The van der Waals surface area contributed by atoms with Crippen molar-refractivity contribution in [1.29, 1.82) is 0 Å². The van der Waals surface area contributed by atoms with Gasteiger partial charge < -0.3 is 34.8 Å². The topological polar surface area (TPSA) is 384 Å². The standard InChI is InChI=1S/C35H37N5O6.C17H31N3O6.4CO2/c1-35(38(2)19-32(41)42)20-39(17-22-13-30-26(15-36-22)33(43)24-7-3-5-9-28(24)45-30)11-12-40(21-35)18-23-14-31-27(16-37-23)34(44)25-8-4-6-10-29(25)46-31;1-4-13(16(25)26)20-9-8-19(7-5-6-14(21)22)11-17(2,12-20)18(3)10-15(23)24;4*2-1-3/h3-10,13-16,24-25,28-29H,11-12,17-21H2,1-2H3,(H,41,42);13H,4-12H2,1-3H3,(H,21,22)(H,23,24)(H,25,26);;;;. The smallest absolute Gasteiger partial charge is 0.373 e. The van der Waals surface area contributed by atoms with Crippen LogP contribution in [0.3, 0.4) is 0 Å². The lowest BCUT2D eigenvalue weighted by molar-refractivity contribution is -0.193. The number of carbonyl (C=O) groups excluding carboxylic acids is 10. The van der Waals surface area contributed by atoms with E-state index in [-0.39, 0.29) is 79.7 Å². The lowest BCUT2D eigenvalue weighted by Crippen LogP contribution is -2.58. The zero-order chi connectivity index (χ0) is 62.7. The molecule has 6 unspecified atom stereocenters. The Labute approximate surface area is 482 Å². The molecule has 6 aliphatic rings. The number of likely N-dealkylation sites (N-methyl/N-ethyl adjacent to an activating group) is 2. The number of carboxylic acids is 4. The van der Waals surface area contributed by atoms with E-state index < -0.39 is 41.0 Å². The number of allylic oxidation sites excluding steroid dienone is 4. The molecule has 8 rings (SSSR count). The summed E-state index contributed by atoms with van der Waals surface area (Å²) in [7, 11) is 3.57. The molecule has 84 heavy (non-hydrogen) atoms. The highest BCUT2D eigenvalue weighted by Crippen LogP contribution is 2.36. The van der Waals surface area contributed by atoms with E-state index in [4.69, 9.17) is 58.0 Å². The first kappa shape index (κ1) is 69.6. The summed E-state index contributed by atoms with van der Waals surface area (Å²) >= 11 is 0. The number of rotatable bonds is 17. The molecular weight excluding hydrogens is 1100 g/mol. The zero-order valence-electron chi connectivity index (χ0n) is 47.0. The van der Waals surface area contributed by atoms with E-state index >= 15 is 0 Å². The number of carbonyl (C=O) groups is 6. The predicted octanol–water partition coefficient (Wildman–Crippen LogP) is 0.714. The first-order chi connectivity index (χ1) is 39.9. The summed E-state index contributed by atoms with van der Waals surface area (Å²) < 4.78 is 12.4. The van der Waals surface area contributed by atoms with Crippen LogP contribution in [-0.2, 0) is 70.6 Å². The summed E-state index contributed by atoms with van der Waals surface area (Å²) in [6.07, 6.45) is 19.7. The van der Waals surface area contributed by atoms with Crippen molar-refractivity contribution in [1.82, 2.24) is 39.4 Å². The van der Waals surface area contributed by atoms with Gasteiger partial charge in [-0.15, -0.1) is 0 Å². The van der Waals surface area contributed by atoms with Gasteiger partial charge in [0.05, 0.1) is 47.4 Å². The monoisotopic (exact) mass is 1170 g/mol. The number of hydrogen-bond donors (Lipinski definition) is 4. The molecule has 2 aromatic rings. The summed E-state index contributed by atoms with van der Waals surface area (Å²) in [5, 5.41) is 37.1. The van der Waals surface area contributed by atoms with Crippen LogP contribution in [0.5, 0.6) is 11.5 Å². The van der Waals surface area contributed by atoms with Crippen LogP contribution in [0, 0.1) is 11.8 Å². The highest BCUT2D eigenvalue weighted by Gasteiger charge is 2.42. The number of nitrogens with zero attached hydrogens (tertiary/aromatic N) is 8. The molecule has 28 heteroatoms. The van der Waals surface area contributed by atoms with Gasteiger partial charge >= 0.3 is 48.5 Å². The Hall–Kier alpha value is -8.64. The van der Waals surface area contributed by atoms with Crippen molar-refractivity contribution in [3.8, 4) is 11.5 Å². The van der Waals surface area contributed by atoms with Gasteiger partial charge in [-0.05, 0) is 59.5 Å². The molecule has 2 saturated heterocycles. The number of hydrogen-bond acceptors (Lipinski definition) is 24. The van der Waals surface area contributed by atoms with Crippen molar-refractivity contribution >= 4 is 60.0 Å². The van der Waals surface area contributed by atoms with Gasteiger partial charge in [-0.2, -0.15) is 38.4 Å². The third kappa shape index (κ3) is 20.4. The van der Waals surface area contributed by atoms with Gasteiger partial charge in [0.15, 0.2) is 11.6 Å². The van der Waals surface area contributed by atoms with Gasteiger partial charge in [-0.3, -0.25) is 63.2 Å². The van der Waals surface area contributed by atoms with Crippen molar-refractivity contribution in [2.45, 2.75) is 82.5 Å². The largest absolute Gasteiger partial charge is 0.484 e. The highest BCUT2D eigenvalue weighted by atomic mass is 16.5. The Bertz CT molecular complexity index is 2750. The number of fused-ring (bicyclic) bond motifs is 4. The SMILES string of the molecule is CCC(C(=O)O)N1CCN(CCCC(=O)O)CC(C)(N(C)CC(=O)O)C1.CN(CC(=O)O)C1(C)CN(Cc2cc3c(cn2)C(=O)C2C=CC=CC2O3)CCN(Cc2cc3c(cn2)C(=O)C2C=CC=CC2O3)C1.O=C=O.O=C=O.O=C=O.O=C=O. The maximum Gasteiger partial charge on any atom is 0.373 e. The predicted molar refractivity (Wildman–Crippen MR) is 284 cm³/mol. The minimum atomic E-state index is -0.938. The molecule has 0 radical (unpaired) electrons. The lowest BCUT2D eigenvalue weighted by atomic mass is 9.87. The van der Waals surface area contributed by atoms with E-state index in [2.05, 4.69) is 31.6 Å². The van der Waals surface area contributed by atoms with Crippen LogP contribution in [0.2, 0.25) is 0 Å². The van der Waals surface area contributed by atoms with Crippen molar-refractivity contribution in [3.63, 3.8) is 0 Å². The van der Waals surface area contributed by atoms with Crippen molar-refractivity contribution < 1.29 is 97.0 Å². The minimum absolute atomic E-state index is 0.0107. The summed E-state index contributed by atoms with van der Waals surface area (Å²) in [6, 6.07) is 3.10. The number of carboxylic acid groups (broad SMARTS) is 4. The highest BCUT2D eigenvalue weighted by molar-refractivity contribution is 6.03. The Morgan fingerprint density at radius 3 is 1.37 bits per heavy atom. The number of aromatic nitrogens is 2. The quantitative estimate of drug-likeness (QED) is 0.169. The fourth-order valence-electron chi connectivity index (χ4n) is 10.6. The third-order valence-corrected chi connectivity index (χ3v) is 14.7. The second kappa shape index (κ2) is 34.1. The fraction of sp³-hybridized carbons (Fsp3) is 0.500. The van der Waals surface area contributed by atoms with Crippen molar-refractivity contribution in [2.24, 2.45) is 11.8 Å². The van der Waals surface area contributed by atoms with Gasteiger partial charge in [0.25, 0.3) is 0 Å². The average Bonchev–Trinajstić information content (AvgIpc) is 2.36. The number of ketones is 2. The molecule has 4 N–H and O–H groups in total. The number of ether oxygens (including phenoxy) is 2. The second-order valence-electron chi connectivity index (χ2n) is 20.6. The van der Waals surface area contributed by atoms with Crippen LogP contribution in [0.15, 0.2) is 73.1 Å². The minimum Gasteiger partial charge on any atom is -0.484 e. The van der Waals surface area contributed by atoms with Crippen LogP contribution < -0.4 is 9.47 Å². The van der Waals surface area contributed by atoms with Crippen LogP contribution in [0.25, 0.3) is 0 Å². The van der Waals surface area contributed by atoms with Gasteiger partial charge in [-0.25, -0.2) is 0 Å². The maximum atomic E-state index is 13.1. The molecule has 2 aliphatic carbocycles. The Balaban J connectivity index is 0.000000412. The molecule has 2 aromatic heterocycles. The molecule has 6 heterocycles. The zero-order valence-corrected chi connectivity index (χ0v) is 47.0. The van der Waals surface area contributed by atoms with Gasteiger partial charge in [0, 0.05) is 107 Å². The second-order valence-corrected chi connectivity index (χ2v) is 20.6. The number of pyridine rings is 2. The Morgan fingerprint density at radius 2 is 0.988 bits per heavy atom. The molecule has 2 fully saturated rings. The summed E-state index contributed by atoms with van der Waals surface area (Å²) in [5.74, 6) is -3.10. The molecule has 0 saturated carbocycles. The summed E-state index contributed by atoms with van der Waals surface area (Å²) in [5.41, 5.74) is 1.47. The van der Waals surface area contributed by atoms with Crippen molar-refractivity contribution in [3.05, 3.63) is 95.6 Å². The molecule has 0 amide bonds. The first-order valence-electron chi connectivity index (χ1n) is 26.2. The molecular formula is C56H68N8O20. The molecule has 452 valence electrons. The van der Waals surface area contributed by atoms with Crippen LogP contribution >= 0.6 is 0 Å². The Morgan fingerprint density at radius 1 is 0.607 bits per heavy atom. The molecule has 4 aliphatic heterocycles. The first-order valence-corrected chi connectivity index (χ1v) is 26.2. The van der Waals surface area contributed by atoms with Crippen LogP contribution in [0.4, 0.5) is 0 Å². The van der Waals surface area contributed by atoms with E-state index in [1.165, 1.54) is 0 Å². The normalized spacial score (nSPS) is 23.3. The summed E-state index contributed by atoms with van der Waals surface area (Å²) in [4.78, 5) is 158. The van der Waals surface area contributed by atoms with E-state index in [1.54, 1.807) is 24.3 Å². The van der Waals surface area contributed by atoms with Gasteiger partial charge in [-0.1, -0.05) is 43.4 Å². The lowest BCUT2D eigenvalue weighted by Gasteiger charge is -2.42. The van der Waals surface area contributed by atoms with Crippen LogP contribution in [0.1, 0.15) is 72.1 Å². The molecule has 6 atom stereocenters. The summed E-state index contributed by atoms with van der Waals surface area (Å²) in [6.45, 7) is 12.0. The van der Waals surface area contributed by atoms with Gasteiger partial charge in [0.1, 0.15) is 29.7 Å². The maximum absolute atomic E-state index is 13.1.